The Labute approximate surface area is 83.9 Å². The molecule has 0 amide bonds. The van der Waals surface area contributed by atoms with Gasteiger partial charge in [-0.05, 0) is 30.5 Å². The van der Waals surface area contributed by atoms with Crippen molar-refractivity contribution < 1.29 is 0 Å². The lowest BCUT2D eigenvalue weighted by atomic mass is 9.96. The molecule has 1 atom stereocenters. The van der Waals surface area contributed by atoms with Crippen molar-refractivity contribution in [1.29, 1.82) is 0 Å². The molecule has 1 aliphatic carbocycles. The van der Waals surface area contributed by atoms with Gasteiger partial charge < -0.3 is 5.32 Å². The van der Waals surface area contributed by atoms with Gasteiger partial charge in [0.15, 0.2) is 5.82 Å². The minimum Gasteiger partial charge on any atom is -0.316 e. The third kappa shape index (κ3) is 1.77. The SMILES string of the molecule is CNC(Cc1nnn(C)n1)C1(C)CC1. The molecular weight excluding hydrogens is 178 g/mol. The van der Waals surface area contributed by atoms with Gasteiger partial charge in [-0.2, -0.15) is 4.80 Å². The zero-order chi connectivity index (χ0) is 10.2. The number of nitrogens with one attached hydrogen (secondary N) is 1. The van der Waals surface area contributed by atoms with Crippen LogP contribution in [0.5, 0.6) is 0 Å². The van der Waals surface area contributed by atoms with Crippen LogP contribution in [0.3, 0.4) is 0 Å². The number of aromatic nitrogens is 4. The van der Waals surface area contributed by atoms with E-state index >= 15 is 0 Å². The summed E-state index contributed by atoms with van der Waals surface area (Å²) < 4.78 is 0. The molecule has 1 N–H and O–H groups in total. The molecule has 1 aromatic rings. The fourth-order valence-electron chi connectivity index (χ4n) is 1.83. The van der Waals surface area contributed by atoms with Crippen molar-refractivity contribution in [3.05, 3.63) is 5.82 Å². The Morgan fingerprint density at radius 1 is 1.57 bits per heavy atom. The first-order valence-electron chi connectivity index (χ1n) is 5.04. The number of hydrogen-bond acceptors (Lipinski definition) is 4. The van der Waals surface area contributed by atoms with E-state index in [1.54, 1.807) is 7.05 Å². The molecule has 0 bridgehead atoms. The molecule has 1 aromatic heterocycles. The highest BCUT2D eigenvalue weighted by atomic mass is 15.6. The molecule has 1 unspecified atom stereocenters. The summed E-state index contributed by atoms with van der Waals surface area (Å²) >= 11 is 0. The highest BCUT2D eigenvalue weighted by Gasteiger charge is 2.44. The van der Waals surface area contributed by atoms with Crippen LogP contribution in [-0.4, -0.2) is 33.3 Å². The van der Waals surface area contributed by atoms with Gasteiger partial charge in [0.05, 0.1) is 7.05 Å². The minimum atomic E-state index is 0.452. The molecule has 0 aliphatic heterocycles. The van der Waals surface area contributed by atoms with Gasteiger partial charge in [0.2, 0.25) is 0 Å². The van der Waals surface area contributed by atoms with Gasteiger partial charge in [-0.3, -0.25) is 0 Å². The number of hydrogen-bond donors (Lipinski definition) is 1. The molecule has 0 spiro atoms. The second kappa shape index (κ2) is 3.31. The van der Waals surface area contributed by atoms with Gasteiger partial charge in [0.1, 0.15) is 0 Å². The molecule has 1 fully saturated rings. The van der Waals surface area contributed by atoms with Gasteiger partial charge >= 0.3 is 0 Å². The summed E-state index contributed by atoms with van der Waals surface area (Å²) in [5.74, 6) is 0.833. The van der Waals surface area contributed by atoms with Crippen LogP contribution in [0.15, 0.2) is 0 Å². The smallest absolute Gasteiger partial charge is 0.176 e. The van der Waals surface area contributed by atoms with E-state index in [4.69, 9.17) is 0 Å². The van der Waals surface area contributed by atoms with E-state index in [0.29, 0.717) is 11.5 Å². The minimum absolute atomic E-state index is 0.452. The standard InChI is InChI=1S/C9H17N5/c1-9(4-5-9)7(10-2)6-8-11-13-14(3)12-8/h7,10H,4-6H2,1-3H3. The summed E-state index contributed by atoms with van der Waals surface area (Å²) in [6.07, 6.45) is 3.48. The van der Waals surface area contributed by atoms with Crippen LogP contribution in [0, 0.1) is 5.41 Å². The maximum atomic E-state index is 4.19. The molecule has 0 aromatic carbocycles. The first-order valence-corrected chi connectivity index (χ1v) is 5.04. The largest absolute Gasteiger partial charge is 0.316 e. The van der Waals surface area contributed by atoms with Crippen LogP contribution < -0.4 is 5.32 Å². The van der Waals surface area contributed by atoms with Crippen LogP contribution >= 0.6 is 0 Å². The lowest BCUT2D eigenvalue weighted by Gasteiger charge is -2.21. The lowest BCUT2D eigenvalue weighted by molar-refractivity contribution is 0.370. The third-order valence-electron chi connectivity index (χ3n) is 3.16. The predicted molar refractivity (Wildman–Crippen MR) is 52.7 cm³/mol. The zero-order valence-electron chi connectivity index (χ0n) is 8.99. The van der Waals surface area contributed by atoms with Crippen LogP contribution in [0.25, 0.3) is 0 Å². The molecule has 78 valence electrons. The molecule has 14 heavy (non-hydrogen) atoms. The molecule has 5 heteroatoms. The Bertz CT molecular complexity index is 315. The van der Waals surface area contributed by atoms with Gasteiger partial charge in [-0.15, -0.1) is 10.2 Å². The fourth-order valence-corrected chi connectivity index (χ4v) is 1.83. The maximum absolute atomic E-state index is 4.19. The molecule has 5 nitrogen and oxygen atoms in total. The lowest BCUT2D eigenvalue weighted by Crippen LogP contribution is -2.35. The van der Waals surface area contributed by atoms with Crippen LogP contribution in [-0.2, 0) is 13.5 Å². The summed E-state index contributed by atoms with van der Waals surface area (Å²) in [5.41, 5.74) is 0.452. The van der Waals surface area contributed by atoms with Crippen LogP contribution in [0.4, 0.5) is 0 Å². The predicted octanol–water partition coefficient (Wildman–Crippen LogP) is 0.141. The van der Waals surface area contributed by atoms with E-state index in [-0.39, 0.29) is 0 Å². The summed E-state index contributed by atoms with van der Waals surface area (Å²) in [5, 5.41) is 15.4. The van der Waals surface area contributed by atoms with Gasteiger partial charge in [0, 0.05) is 12.5 Å². The molecule has 1 heterocycles. The molecule has 1 saturated carbocycles. The first kappa shape index (κ1) is 9.58. The number of nitrogens with zero attached hydrogens (tertiary/aromatic N) is 4. The van der Waals surface area contributed by atoms with Crippen molar-refractivity contribution in [3.8, 4) is 0 Å². The summed E-state index contributed by atoms with van der Waals surface area (Å²) in [6, 6.07) is 0.478. The zero-order valence-corrected chi connectivity index (χ0v) is 8.99. The van der Waals surface area contributed by atoms with Crippen LogP contribution in [0.2, 0.25) is 0 Å². The van der Waals surface area contributed by atoms with E-state index in [1.165, 1.54) is 17.6 Å². The van der Waals surface area contributed by atoms with Gasteiger partial charge in [-0.25, -0.2) is 0 Å². The van der Waals surface area contributed by atoms with Crippen molar-refractivity contribution in [3.63, 3.8) is 0 Å². The number of likely N-dealkylation sites (N-methyl/N-ethyl adjacent to an activating group) is 1. The van der Waals surface area contributed by atoms with Crippen molar-refractivity contribution in [2.24, 2.45) is 12.5 Å². The second-order valence-electron chi connectivity index (χ2n) is 4.39. The molecule has 2 rings (SSSR count). The highest BCUT2D eigenvalue weighted by Crippen LogP contribution is 2.48. The average Bonchev–Trinajstić information content (AvgIpc) is 2.76. The quantitative estimate of drug-likeness (QED) is 0.742. The van der Waals surface area contributed by atoms with E-state index in [9.17, 15) is 0 Å². The normalized spacial score (nSPS) is 20.8. The van der Waals surface area contributed by atoms with E-state index in [2.05, 4.69) is 27.7 Å². The number of rotatable bonds is 4. The Hall–Kier alpha value is -0.970. The van der Waals surface area contributed by atoms with E-state index in [0.717, 1.165) is 12.2 Å². The van der Waals surface area contributed by atoms with Crippen molar-refractivity contribution >= 4 is 0 Å². The highest BCUT2D eigenvalue weighted by molar-refractivity contribution is 5.01. The van der Waals surface area contributed by atoms with Gasteiger partial charge in [-0.1, -0.05) is 6.92 Å². The number of tetrazole rings is 1. The monoisotopic (exact) mass is 195 g/mol. The Balaban J connectivity index is 2.01. The van der Waals surface area contributed by atoms with E-state index < -0.39 is 0 Å². The molecular formula is C9H17N5. The Morgan fingerprint density at radius 2 is 2.29 bits per heavy atom. The van der Waals surface area contributed by atoms with Gasteiger partial charge in [0.25, 0.3) is 0 Å². The topological polar surface area (TPSA) is 55.6 Å². The van der Waals surface area contributed by atoms with Crippen molar-refractivity contribution in [2.75, 3.05) is 7.05 Å². The second-order valence-corrected chi connectivity index (χ2v) is 4.39. The van der Waals surface area contributed by atoms with E-state index in [1.807, 2.05) is 7.05 Å². The van der Waals surface area contributed by atoms with Crippen molar-refractivity contribution in [1.82, 2.24) is 25.5 Å². The maximum Gasteiger partial charge on any atom is 0.176 e. The van der Waals surface area contributed by atoms with Crippen molar-refractivity contribution in [2.45, 2.75) is 32.2 Å². The molecule has 0 saturated heterocycles. The Morgan fingerprint density at radius 3 is 2.71 bits per heavy atom. The summed E-state index contributed by atoms with van der Waals surface area (Å²) in [7, 11) is 3.80. The van der Waals surface area contributed by atoms with Crippen LogP contribution in [0.1, 0.15) is 25.6 Å². The Kier molecular flexibility index (Phi) is 2.26. The summed E-state index contributed by atoms with van der Waals surface area (Å²) in [6.45, 7) is 2.31. The first-order chi connectivity index (χ1) is 6.64. The summed E-state index contributed by atoms with van der Waals surface area (Å²) in [4.78, 5) is 1.51. The fraction of sp³-hybridized carbons (Fsp3) is 0.889. The molecule has 1 aliphatic rings. The molecule has 0 radical (unpaired) electrons. The average molecular weight is 195 g/mol. The number of aryl methyl sites for hydroxylation is 1. The third-order valence-corrected chi connectivity index (χ3v) is 3.16.